The fourth-order valence-electron chi connectivity index (χ4n) is 7.10. The van der Waals surface area contributed by atoms with Crippen molar-refractivity contribution >= 4 is 49.1 Å². The Labute approximate surface area is 281 Å². The molecule has 7 aromatic carbocycles. The minimum atomic E-state index is -0.241. The second-order valence-electron chi connectivity index (χ2n) is 12.3. The van der Waals surface area contributed by atoms with E-state index < -0.39 is 0 Å². The van der Waals surface area contributed by atoms with Crippen molar-refractivity contribution in [3.63, 3.8) is 0 Å². The predicted octanol–water partition coefficient (Wildman–Crippen LogP) is 12.4. The van der Waals surface area contributed by atoms with Crippen LogP contribution in [-0.4, -0.2) is 0 Å². The molecule has 0 saturated heterocycles. The van der Waals surface area contributed by atoms with Gasteiger partial charge in [-0.3, -0.25) is 5.32 Å². The molecule has 1 aromatic heterocycles. The Morgan fingerprint density at radius 1 is 0.604 bits per heavy atom. The zero-order valence-corrected chi connectivity index (χ0v) is 26.7. The number of hydrogen-bond donors (Lipinski definition) is 1. The van der Waals surface area contributed by atoms with Crippen LogP contribution in [0.15, 0.2) is 187 Å². The van der Waals surface area contributed by atoms with Crippen molar-refractivity contribution in [2.24, 2.45) is 0 Å². The van der Waals surface area contributed by atoms with Gasteiger partial charge in [0.1, 0.15) is 11.2 Å². The normalized spacial score (nSPS) is 12.8. The molecule has 230 valence electrons. The van der Waals surface area contributed by atoms with Gasteiger partial charge in [-0.2, -0.15) is 0 Å². The smallest absolute Gasteiger partial charge is 0.136 e. The molecule has 1 heterocycles. The predicted molar refractivity (Wildman–Crippen MR) is 204 cm³/mol. The zero-order chi connectivity index (χ0) is 32.6. The Morgan fingerprint density at radius 3 is 2.00 bits per heavy atom. The number of benzene rings is 7. The standard InChI is InChI=1S/C46H35NO/c1-4-42(39-26-15-21-33-17-9-11-23-37(33)39)47-46(34-18-6-5-7-19-34)31(3)30(2)41-28-35(38-25-14-20-32-16-8-10-22-36(32)38)29-44-45(41)40-24-12-13-27-43(40)48-44/h4-29,42,46-47H,1-3H2. The Balaban J connectivity index is 1.28. The number of nitrogens with one attached hydrogen (secondary N) is 1. The van der Waals surface area contributed by atoms with Gasteiger partial charge in [0, 0.05) is 10.8 Å². The van der Waals surface area contributed by atoms with Gasteiger partial charge in [0.05, 0.1) is 12.1 Å². The molecule has 2 nitrogen and oxygen atoms in total. The van der Waals surface area contributed by atoms with E-state index in [1.165, 1.54) is 27.1 Å². The van der Waals surface area contributed by atoms with Crippen LogP contribution in [0.5, 0.6) is 0 Å². The van der Waals surface area contributed by atoms with Crippen LogP contribution in [0.1, 0.15) is 28.8 Å². The van der Waals surface area contributed by atoms with Gasteiger partial charge in [0.15, 0.2) is 0 Å². The second-order valence-corrected chi connectivity index (χ2v) is 12.3. The van der Waals surface area contributed by atoms with Crippen LogP contribution >= 0.6 is 0 Å². The molecule has 0 amide bonds. The summed E-state index contributed by atoms with van der Waals surface area (Å²) in [6.07, 6.45) is 1.98. The van der Waals surface area contributed by atoms with E-state index in [1.807, 2.05) is 24.3 Å². The highest BCUT2D eigenvalue weighted by Crippen LogP contribution is 2.43. The first kappa shape index (κ1) is 29.4. The van der Waals surface area contributed by atoms with Gasteiger partial charge in [0.25, 0.3) is 0 Å². The summed E-state index contributed by atoms with van der Waals surface area (Å²) >= 11 is 0. The molecule has 8 rings (SSSR count). The summed E-state index contributed by atoms with van der Waals surface area (Å²) in [5.74, 6) is 0. The second kappa shape index (κ2) is 12.3. The van der Waals surface area contributed by atoms with E-state index in [9.17, 15) is 0 Å². The van der Waals surface area contributed by atoms with Gasteiger partial charge < -0.3 is 4.42 Å². The molecule has 0 aliphatic carbocycles. The lowest BCUT2D eigenvalue weighted by atomic mass is 9.86. The molecule has 2 atom stereocenters. The zero-order valence-electron chi connectivity index (χ0n) is 26.7. The number of furan rings is 1. The summed E-state index contributed by atoms with van der Waals surface area (Å²) in [5, 5.41) is 10.8. The molecule has 48 heavy (non-hydrogen) atoms. The Hall–Kier alpha value is -5.96. The molecular weight excluding hydrogens is 583 g/mol. The molecule has 0 saturated carbocycles. The maximum Gasteiger partial charge on any atom is 0.136 e. The summed E-state index contributed by atoms with van der Waals surface area (Å²) in [6, 6.07) is 52.7. The lowest BCUT2D eigenvalue weighted by Crippen LogP contribution is -2.27. The number of para-hydroxylation sites is 1. The first-order chi connectivity index (χ1) is 23.6. The summed E-state index contributed by atoms with van der Waals surface area (Å²) in [5.41, 5.74) is 8.93. The third-order valence-corrected chi connectivity index (χ3v) is 9.51. The van der Waals surface area contributed by atoms with Crippen LogP contribution < -0.4 is 5.32 Å². The fraction of sp³-hybridized carbons (Fsp3) is 0.0435. The van der Waals surface area contributed by atoms with Crippen molar-refractivity contribution in [3.8, 4) is 11.1 Å². The quantitative estimate of drug-likeness (QED) is 0.129. The molecule has 8 aromatic rings. The largest absolute Gasteiger partial charge is 0.456 e. The first-order valence-corrected chi connectivity index (χ1v) is 16.3. The van der Waals surface area contributed by atoms with Crippen LogP contribution in [0.4, 0.5) is 0 Å². The molecule has 0 bridgehead atoms. The van der Waals surface area contributed by atoms with Crippen LogP contribution in [-0.2, 0) is 0 Å². The van der Waals surface area contributed by atoms with Gasteiger partial charge >= 0.3 is 0 Å². The van der Waals surface area contributed by atoms with Crippen molar-refractivity contribution in [2.75, 3.05) is 0 Å². The molecule has 2 heteroatoms. The lowest BCUT2D eigenvalue weighted by molar-refractivity contribution is 0.557. The van der Waals surface area contributed by atoms with E-state index in [0.29, 0.717) is 0 Å². The molecule has 0 aliphatic rings. The van der Waals surface area contributed by atoms with Crippen LogP contribution in [0.25, 0.3) is 60.2 Å². The van der Waals surface area contributed by atoms with Crippen molar-refractivity contribution < 1.29 is 4.42 Å². The van der Waals surface area contributed by atoms with Crippen molar-refractivity contribution in [2.45, 2.75) is 12.1 Å². The average molecular weight is 618 g/mol. The number of fused-ring (bicyclic) bond motifs is 5. The van der Waals surface area contributed by atoms with Gasteiger partial charge in [0.2, 0.25) is 0 Å². The minimum Gasteiger partial charge on any atom is -0.456 e. The highest BCUT2D eigenvalue weighted by Gasteiger charge is 2.25. The summed E-state index contributed by atoms with van der Waals surface area (Å²) < 4.78 is 6.52. The first-order valence-electron chi connectivity index (χ1n) is 16.3. The van der Waals surface area contributed by atoms with Crippen LogP contribution in [0.2, 0.25) is 0 Å². The van der Waals surface area contributed by atoms with E-state index >= 15 is 0 Å². The molecule has 0 spiro atoms. The van der Waals surface area contributed by atoms with E-state index in [2.05, 4.69) is 145 Å². The molecule has 1 N–H and O–H groups in total. The van der Waals surface area contributed by atoms with Crippen molar-refractivity contribution in [1.29, 1.82) is 0 Å². The Bertz CT molecular complexity index is 2490. The summed E-state index contributed by atoms with van der Waals surface area (Å²) in [6.45, 7) is 13.8. The van der Waals surface area contributed by atoms with Crippen LogP contribution in [0.3, 0.4) is 0 Å². The lowest BCUT2D eigenvalue weighted by Gasteiger charge is -2.28. The maximum absolute atomic E-state index is 6.52. The van der Waals surface area contributed by atoms with E-state index in [0.717, 1.165) is 55.3 Å². The van der Waals surface area contributed by atoms with E-state index in [-0.39, 0.29) is 12.1 Å². The average Bonchev–Trinajstić information content (AvgIpc) is 3.53. The number of rotatable bonds is 9. The summed E-state index contributed by atoms with van der Waals surface area (Å²) in [7, 11) is 0. The van der Waals surface area contributed by atoms with Crippen LogP contribution in [0, 0.1) is 0 Å². The molecular formula is C46H35NO. The van der Waals surface area contributed by atoms with Crippen molar-refractivity contribution in [1.82, 2.24) is 5.32 Å². The maximum atomic E-state index is 6.52. The van der Waals surface area contributed by atoms with Gasteiger partial charge in [-0.15, -0.1) is 6.58 Å². The molecule has 0 fully saturated rings. The van der Waals surface area contributed by atoms with Gasteiger partial charge in [-0.05, 0) is 78.7 Å². The fourth-order valence-corrected chi connectivity index (χ4v) is 7.10. The molecule has 0 radical (unpaired) electrons. The number of hydrogen-bond acceptors (Lipinski definition) is 2. The highest BCUT2D eigenvalue weighted by molar-refractivity contribution is 6.13. The Kier molecular flexibility index (Phi) is 7.57. The third-order valence-electron chi connectivity index (χ3n) is 9.51. The topological polar surface area (TPSA) is 25.2 Å². The van der Waals surface area contributed by atoms with Crippen molar-refractivity contribution in [3.05, 3.63) is 200 Å². The third kappa shape index (κ3) is 5.13. The van der Waals surface area contributed by atoms with Gasteiger partial charge in [-0.1, -0.05) is 153 Å². The van der Waals surface area contributed by atoms with E-state index in [4.69, 9.17) is 17.6 Å². The minimum absolute atomic E-state index is 0.136. The SMILES string of the molecule is C=CC(NC(C(=C)C(=C)c1cc(-c2cccc3ccccc23)cc2oc3ccccc3c12)c1ccccc1)c1cccc2ccccc12. The van der Waals surface area contributed by atoms with Gasteiger partial charge in [-0.25, -0.2) is 0 Å². The molecule has 0 aliphatic heterocycles. The monoisotopic (exact) mass is 617 g/mol. The summed E-state index contributed by atoms with van der Waals surface area (Å²) in [4.78, 5) is 0. The molecule has 2 unspecified atom stereocenters. The Morgan fingerprint density at radius 2 is 1.23 bits per heavy atom. The highest BCUT2D eigenvalue weighted by atomic mass is 16.3. The van der Waals surface area contributed by atoms with E-state index in [1.54, 1.807) is 0 Å².